The number of nitrogens with one attached hydrogen (secondary N) is 2. The van der Waals surface area contributed by atoms with Gasteiger partial charge in [0.05, 0.1) is 27.9 Å². The number of nitrogens with zero attached hydrogens (tertiary/aromatic N) is 3. The molecule has 0 saturated carbocycles. The summed E-state index contributed by atoms with van der Waals surface area (Å²) in [6.45, 7) is 6.16. The minimum atomic E-state index is -4.51. The van der Waals surface area contributed by atoms with Crippen molar-refractivity contribution in [1.29, 1.82) is 0 Å². The van der Waals surface area contributed by atoms with Crippen molar-refractivity contribution in [2.75, 3.05) is 11.1 Å². The largest absolute Gasteiger partial charge is 0.416 e. The van der Waals surface area contributed by atoms with Crippen LogP contribution in [0.3, 0.4) is 0 Å². The minimum Gasteiger partial charge on any atom is -0.342 e. The number of hydrogen-bond donors (Lipinski definition) is 2. The third-order valence-electron chi connectivity index (χ3n) is 5.27. The van der Waals surface area contributed by atoms with Crippen molar-refractivity contribution < 1.29 is 22.8 Å². The second-order valence-electron chi connectivity index (χ2n) is 8.32. The Morgan fingerprint density at radius 2 is 1.84 bits per heavy atom. The summed E-state index contributed by atoms with van der Waals surface area (Å²) in [5.74, 6) is -0.570. The Kier molecular flexibility index (Phi) is 9.49. The molecule has 0 saturated heterocycles. The molecule has 2 amide bonds. The SMILES string of the molecule is CCn1c(SCC(=O)Nc2cccc(C(F)(F)F)c2)nnc1C(NC(=O)c1ccc(Cl)cc1Cl)C(C)C. The summed E-state index contributed by atoms with van der Waals surface area (Å²) in [4.78, 5) is 25.3. The number of halogens is 5. The molecule has 0 bridgehead atoms. The number of thioether (sulfide) groups is 1. The Morgan fingerprint density at radius 1 is 1.11 bits per heavy atom. The lowest BCUT2D eigenvalue weighted by atomic mass is 10.0. The number of rotatable bonds is 9. The Hall–Kier alpha value is -2.76. The molecule has 0 radical (unpaired) electrons. The van der Waals surface area contributed by atoms with Crippen LogP contribution in [0.4, 0.5) is 18.9 Å². The van der Waals surface area contributed by atoms with Gasteiger partial charge in [0.25, 0.3) is 5.91 Å². The Balaban J connectivity index is 1.72. The highest BCUT2D eigenvalue weighted by Crippen LogP contribution is 2.31. The molecule has 1 atom stereocenters. The zero-order valence-corrected chi connectivity index (χ0v) is 22.4. The second kappa shape index (κ2) is 12.2. The number of aromatic nitrogens is 3. The number of alkyl halides is 3. The summed E-state index contributed by atoms with van der Waals surface area (Å²) < 4.78 is 40.5. The van der Waals surface area contributed by atoms with Crippen LogP contribution in [0.25, 0.3) is 0 Å². The van der Waals surface area contributed by atoms with Crippen LogP contribution in [0.2, 0.25) is 10.0 Å². The van der Waals surface area contributed by atoms with E-state index in [1.165, 1.54) is 24.3 Å². The van der Waals surface area contributed by atoms with Crippen molar-refractivity contribution >= 4 is 52.5 Å². The van der Waals surface area contributed by atoms with E-state index in [0.717, 1.165) is 23.9 Å². The smallest absolute Gasteiger partial charge is 0.342 e. The summed E-state index contributed by atoms with van der Waals surface area (Å²) in [7, 11) is 0. The van der Waals surface area contributed by atoms with Gasteiger partial charge in [-0.05, 0) is 49.2 Å². The predicted octanol–water partition coefficient (Wildman–Crippen LogP) is 6.48. The van der Waals surface area contributed by atoms with Crippen LogP contribution in [-0.4, -0.2) is 32.3 Å². The lowest BCUT2D eigenvalue weighted by molar-refractivity contribution is -0.137. The van der Waals surface area contributed by atoms with Gasteiger partial charge in [-0.3, -0.25) is 9.59 Å². The van der Waals surface area contributed by atoms with Crippen molar-refractivity contribution in [3.05, 3.63) is 69.5 Å². The fourth-order valence-corrected chi connectivity index (χ4v) is 4.76. The van der Waals surface area contributed by atoms with E-state index in [-0.39, 0.29) is 27.9 Å². The van der Waals surface area contributed by atoms with Crippen molar-refractivity contribution in [3.8, 4) is 0 Å². The maximum Gasteiger partial charge on any atom is 0.416 e. The molecule has 37 heavy (non-hydrogen) atoms. The average Bonchev–Trinajstić information content (AvgIpc) is 3.23. The van der Waals surface area contributed by atoms with Crippen LogP contribution in [0.5, 0.6) is 0 Å². The summed E-state index contributed by atoms with van der Waals surface area (Å²) >= 11 is 13.2. The van der Waals surface area contributed by atoms with Crippen LogP contribution in [-0.2, 0) is 17.5 Å². The van der Waals surface area contributed by atoms with Crippen molar-refractivity contribution in [2.45, 2.75) is 44.7 Å². The molecule has 7 nitrogen and oxygen atoms in total. The molecule has 3 rings (SSSR count). The van der Waals surface area contributed by atoms with Crippen LogP contribution >= 0.6 is 35.0 Å². The number of amides is 2. The highest BCUT2D eigenvalue weighted by atomic mass is 35.5. The maximum atomic E-state index is 12.9. The van der Waals surface area contributed by atoms with Gasteiger partial charge in [-0.2, -0.15) is 13.2 Å². The van der Waals surface area contributed by atoms with Crippen LogP contribution in [0.1, 0.15) is 48.6 Å². The molecule has 13 heteroatoms. The maximum absolute atomic E-state index is 12.9. The number of benzene rings is 2. The quantitative estimate of drug-likeness (QED) is 0.286. The van der Waals surface area contributed by atoms with Crippen LogP contribution in [0.15, 0.2) is 47.6 Å². The van der Waals surface area contributed by atoms with Gasteiger partial charge in [0.15, 0.2) is 11.0 Å². The van der Waals surface area contributed by atoms with Gasteiger partial charge >= 0.3 is 6.18 Å². The van der Waals surface area contributed by atoms with E-state index in [1.54, 1.807) is 10.6 Å². The summed E-state index contributed by atoms with van der Waals surface area (Å²) in [6.07, 6.45) is -4.51. The molecule has 0 aliphatic rings. The van der Waals surface area contributed by atoms with E-state index < -0.39 is 29.6 Å². The first-order valence-electron chi connectivity index (χ1n) is 11.2. The lowest BCUT2D eigenvalue weighted by Crippen LogP contribution is -2.34. The van der Waals surface area contributed by atoms with Crippen LogP contribution < -0.4 is 10.6 Å². The standard InChI is InChI=1S/C24H24Cl2F3N5O2S/c1-4-34-21(20(13(2)3)31-22(36)17-9-8-15(25)11-18(17)26)32-33-23(34)37-12-19(35)30-16-7-5-6-14(10-16)24(27,28)29/h5-11,13,20H,4,12H2,1-3H3,(H,30,35)(H,31,36). The highest BCUT2D eigenvalue weighted by molar-refractivity contribution is 7.99. The molecule has 2 aromatic carbocycles. The predicted molar refractivity (Wildman–Crippen MR) is 138 cm³/mol. The molecule has 1 unspecified atom stereocenters. The summed E-state index contributed by atoms with van der Waals surface area (Å²) in [5.41, 5.74) is -0.545. The Labute approximate surface area is 226 Å². The molecular formula is C24H24Cl2F3N5O2S. The molecule has 0 fully saturated rings. The monoisotopic (exact) mass is 573 g/mol. The van der Waals surface area contributed by atoms with Gasteiger partial charge in [-0.15, -0.1) is 10.2 Å². The highest BCUT2D eigenvalue weighted by Gasteiger charge is 2.30. The first-order valence-corrected chi connectivity index (χ1v) is 12.9. The van der Waals surface area contributed by atoms with E-state index >= 15 is 0 Å². The zero-order chi connectivity index (χ0) is 27.3. The molecule has 3 aromatic rings. The summed E-state index contributed by atoms with van der Waals surface area (Å²) in [6, 6.07) is 8.48. The Morgan fingerprint density at radius 3 is 2.46 bits per heavy atom. The summed E-state index contributed by atoms with van der Waals surface area (Å²) in [5, 5.41) is 14.9. The zero-order valence-electron chi connectivity index (χ0n) is 20.1. The van der Waals surface area contributed by atoms with Gasteiger partial charge < -0.3 is 15.2 Å². The van der Waals surface area contributed by atoms with E-state index in [0.29, 0.717) is 22.5 Å². The molecule has 1 aromatic heterocycles. The third kappa shape index (κ3) is 7.39. The van der Waals surface area contributed by atoms with Crippen molar-refractivity contribution in [1.82, 2.24) is 20.1 Å². The molecule has 198 valence electrons. The number of carbonyl (C=O) groups is 2. The van der Waals surface area contributed by atoms with E-state index in [2.05, 4.69) is 20.8 Å². The van der Waals surface area contributed by atoms with Gasteiger partial charge in [0.2, 0.25) is 5.91 Å². The molecular weight excluding hydrogens is 550 g/mol. The molecule has 0 spiro atoms. The van der Waals surface area contributed by atoms with Gasteiger partial charge in [-0.25, -0.2) is 0 Å². The molecule has 2 N–H and O–H groups in total. The minimum absolute atomic E-state index is 0.0431. The number of hydrogen-bond acceptors (Lipinski definition) is 5. The van der Waals surface area contributed by atoms with E-state index in [1.807, 2.05) is 20.8 Å². The number of carbonyl (C=O) groups excluding carboxylic acids is 2. The van der Waals surface area contributed by atoms with E-state index in [4.69, 9.17) is 23.2 Å². The molecule has 0 aliphatic heterocycles. The second-order valence-corrected chi connectivity index (χ2v) is 10.1. The fraction of sp³-hybridized carbons (Fsp3) is 0.333. The van der Waals surface area contributed by atoms with Crippen molar-refractivity contribution in [3.63, 3.8) is 0 Å². The normalized spacial score (nSPS) is 12.5. The first-order chi connectivity index (χ1) is 17.4. The van der Waals surface area contributed by atoms with Crippen LogP contribution in [0, 0.1) is 5.92 Å². The average molecular weight is 574 g/mol. The van der Waals surface area contributed by atoms with Gasteiger partial charge in [0, 0.05) is 17.3 Å². The first kappa shape index (κ1) is 28.8. The fourth-order valence-electron chi connectivity index (χ4n) is 3.46. The number of anilines is 1. The van der Waals surface area contributed by atoms with Crippen molar-refractivity contribution in [2.24, 2.45) is 5.92 Å². The third-order valence-corrected chi connectivity index (χ3v) is 6.79. The lowest BCUT2D eigenvalue weighted by Gasteiger charge is -2.22. The van der Waals surface area contributed by atoms with E-state index in [9.17, 15) is 22.8 Å². The topological polar surface area (TPSA) is 88.9 Å². The molecule has 0 aliphatic carbocycles. The Bertz CT molecular complexity index is 1280. The van der Waals surface area contributed by atoms with Gasteiger partial charge in [-0.1, -0.05) is 54.9 Å². The van der Waals surface area contributed by atoms with Gasteiger partial charge in [0.1, 0.15) is 0 Å². The molecule has 1 heterocycles.